The van der Waals surface area contributed by atoms with Crippen LogP contribution in [-0.4, -0.2) is 17.6 Å². The number of carbonyl (C=O) groups is 1. The molecule has 0 bridgehead atoms. The van der Waals surface area contributed by atoms with Crippen LogP contribution in [0.2, 0.25) is 0 Å². The molecular formula is C21H14N2O4S. The summed E-state index contributed by atoms with van der Waals surface area (Å²) in [6.07, 6.45) is 5.50. The third kappa shape index (κ3) is 3.00. The summed E-state index contributed by atoms with van der Waals surface area (Å²) in [5, 5.41) is 0.410. The van der Waals surface area contributed by atoms with Crippen molar-refractivity contribution in [1.82, 2.24) is 4.57 Å². The van der Waals surface area contributed by atoms with E-state index in [9.17, 15) is 9.59 Å². The van der Waals surface area contributed by atoms with E-state index in [0.29, 0.717) is 21.5 Å². The topological polar surface area (TPSA) is 73.8 Å². The van der Waals surface area contributed by atoms with Crippen molar-refractivity contribution in [2.24, 2.45) is 4.99 Å². The number of ether oxygens (including phenoxy) is 1. The first-order valence-corrected chi connectivity index (χ1v) is 9.16. The van der Waals surface area contributed by atoms with Gasteiger partial charge in [0.05, 0.1) is 23.7 Å². The van der Waals surface area contributed by atoms with E-state index in [1.54, 1.807) is 35.9 Å². The predicted octanol–water partition coefficient (Wildman–Crippen LogP) is 3.19. The number of hydrogen-bond acceptors (Lipinski definition) is 5. The van der Waals surface area contributed by atoms with Gasteiger partial charge in [-0.25, -0.2) is 0 Å². The van der Waals surface area contributed by atoms with Crippen LogP contribution in [-0.2, 0) is 6.54 Å². The highest BCUT2D eigenvalue weighted by molar-refractivity contribution is 7.16. The minimum atomic E-state index is -0.654. The zero-order valence-electron chi connectivity index (χ0n) is 14.8. The Morgan fingerprint density at radius 2 is 2.11 bits per heavy atom. The molecule has 28 heavy (non-hydrogen) atoms. The zero-order valence-corrected chi connectivity index (χ0v) is 15.7. The van der Waals surface area contributed by atoms with Gasteiger partial charge in [-0.1, -0.05) is 35.5 Å². The Morgan fingerprint density at radius 3 is 2.89 bits per heavy atom. The van der Waals surface area contributed by atoms with E-state index in [1.165, 1.54) is 11.3 Å². The number of thiazole rings is 1. The molecule has 6 nitrogen and oxygen atoms in total. The lowest BCUT2D eigenvalue weighted by Crippen LogP contribution is -2.17. The van der Waals surface area contributed by atoms with Gasteiger partial charge in [-0.3, -0.25) is 9.59 Å². The minimum absolute atomic E-state index is 0.125. The number of aromatic nitrogens is 1. The lowest BCUT2D eigenvalue weighted by atomic mass is 10.2. The summed E-state index contributed by atoms with van der Waals surface area (Å²) in [6.45, 7) is 0.216. The Hall–Kier alpha value is -3.63. The summed E-state index contributed by atoms with van der Waals surface area (Å²) < 4.78 is 13.6. The smallest absolute Gasteiger partial charge is 0.315 e. The third-order valence-corrected chi connectivity index (χ3v) is 5.22. The molecule has 2 heterocycles. The van der Waals surface area contributed by atoms with Crippen molar-refractivity contribution in [3.05, 3.63) is 69.3 Å². The molecule has 0 aliphatic rings. The van der Waals surface area contributed by atoms with Crippen LogP contribution in [0.3, 0.4) is 0 Å². The molecule has 138 valence electrons. The molecule has 0 saturated carbocycles. The second-order valence-corrected chi connectivity index (χ2v) is 6.88. The minimum Gasteiger partial charge on any atom is -0.495 e. The Kier molecular flexibility index (Phi) is 4.55. The van der Waals surface area contributed by atoms with Crippen LogP contribution in [0.1, 0.15) is 10.6 Å². The van der Waals surface area contributed by atoms with E-state index >= 15 is 0 Å². The lowest BCUT2D eigenvalue weighted by molar-refractivity contribution is 0.0972. The first-order chi connectivity index (χ1) is 13.6. The number of hydrogen-bond donors (Lipinski definition) is 0. The maximum Gasteiger partial charge on any atom is 0.315 e. The third-order valence-electron chi connectivity index (χ3n) is 4.18. The van der Waals surface area contributed by atoms with Crippen molar-refractivity contribution < 1.29 is 13.9 Å². The molecule has 0 N–H and O–H groups in total. The van der Waals surface area contributed by atoms with Crippen LogP contribution in [0, 0.1) is 12.3 Å². The molecule has 0 atom stereocenters. The molecule has 0 aliphatic carbocycles. The van der Waals surface area contributed by atoms with E-state index in [0.717, 1.165) is 16.3 Å². The van der Waals surface area contributed by atoms with E-state index in [1.807, 2.05) is 18.2 Å². The number of para-hydroxylation sites is 2. The highest BCUT2D eigenvalue weighted by Gasteiger charge is 2.15. The molecule has 0 fully saturated rings. The monoisotopic (exact) mass is 390 g/mol. The number of terminal acetylenes is 1. The second kappa shape index (κ2) is 7.18. The molecule has 0 spiro atoms. The number of rotatable bonds is 3. The van der Waals surface area contributed by atoms with E-state index in [-0.39, 0.29) is 17.7 Å². The molecular weight excluding hydrogens is 376 g/mol. The first-order valence-electron chi connectivity index (χ1n) is 8.34. The maximum atomic E-state index is 12.7. The summed E-state index contributed by atoms with van der Waals surface area (Å²) in [5.41, 5.74) is 0.803. The van der Waals surface area contributed by atoms with Gasteiger partial charge in [0.2, 0.25) is 0 Å². The van der Waals surface area contributed by atoms with Crippen molar-refractivity contribution >= 4 is 38.4 Å². The zero-order chi connectivity index (χ0) is 19.7. The van der Waals surface area contributed by atoms with Gasteiger partial charge in [0.25, 0.3) is 0 Å². The van der Waals surface area contributed by atoms with Crippen LogP contribution < -0.4 is 15.0 Å². The number of benzene rings is 2. The van der Waals surface area contributed by atoms with Crippen LogP contribution in [0.5, 0.6) is 5.75 Å². The van der Waals surface area contributed by atoms with Crippen LogP contribution in [0.4, 0.5) is 0 Å². The van der Waals surface area contributed by atoms with Gasteiger partial charge in [-0.15, -0.1) is 6.42 Å². The SMILES string of the molecule is C#CCn1c(=NC(=O)c2cc(=O)c3ccccc3o2)sc2cccc(OC)c21. The number of methoxy groups -OCH3 is 1. The fourth-order valence-electron chi connectivity index (χ4n) is 2.94. The van der Waals surface area contributed by atoms with E-state index in [4.69, 9.17) is 15.6 Å². The molecule has 0 unspecified atom stereocenters. The summed E-state index contributed by atoms with van der Waals surface area (Å²) in [7, 11) is 1.57. The van der Waals surface area contributed by atoms with E-state index < -0.39 is 5.91 Å². The van der Waals surface area contributed by atoms with Crippen molar-refractivity contribution in [2.75, 3.05) is 7.11 Å². The van der Waals surface area contributed by atoms with Gasteiger partial charge >= 0.3 is 5.91 Å². The number of amides is 1. The maximum absolute atomic E-state index is 12.7. The average molecular weight is 390 g/mol. The first kappa shape index (κ1) is 17.8. The van der Waals surface area contributed by atoms with Crippen LogP contribution in [0.25, 0.3) is 21.2 Å². The Labute approximate surface area is 163 Å². The molecule has 4 rings (SSSR count). The van der Waals surface area contributed by atoms with Gasteiger partial charge in [0, 0.05) is 6.07 Å². The van der Waals surface area contributed by atoms with Crippen LogP contribution in [0.15, 0.2) is 62.7 Å². The number of carbonyl (C=O) groups excluding carboxylic acids is 1. The Morgan fingerprint density at radius 1 is 1.29 bits per heavy atom. The normalized spacial score (nSPS) is 11.6. The predicted molar refractivity (Wildman–Crippen MR) is 108 cm³/mol. The largest absolute Gasteiger partial charge is 0.495 e. The number of fused-ring (bicyclic) bond motifs is 2. The van der Waals surface area contributed by atoms with Crippen molar-refractivity contribution in [1.29, 1.82) is 0 Å². The quantitative estimate of drug-likeness (QED) is 0.504. The summed E-state index contributed by atoms with van der Waals surface area (Å²) in [6, 6.07) is 13.5. The van der Waals surface area contributed by atoms with Gasteiger partial charge in [0.15, 0.2) is 16.0 Å². The molecule has 4 aromatic rings. The summed E-state index contributed by atoms with van der Waals surface area (Å²) in [5.74, 6) is 2.43. The lowest BCUT2D eigenvalue weighted by Gasteiger charge is -2.05. The van der Waals surface area contributed by atoms with Crippen molar-refractivity contribution in [3.63, 3.8) is 0 Å². The average Bonchev–Trinajstić information content (AvgIpc) is 3.05. The Balaban J connectivity index is 1.91. The summed E-state index contributed by atoms with van der Waals surface area (Å²) >= 11 is 1.30. The van der Waals surface area contributed by atoms with Gasteiger partial charge < -0.3 is 13.7 Å². The van der Waals surface area contributed by atoms with Crippen molar-refractivity contribution in [3.8, 4) is 18.1 Å². The fraction of sp³-hybridized carbons (Fsp3) is 0.0952. The highest BCUT2D eigenvalue weighted by Crippen LogP contribution is 2.27. The molecule has 2 aromatic heterocycles. The molecule has 0 saturated heterocycles. The summed E-state index contributed by atoms with van der Waals surface area (Å²) in [4.78, 5) is 29.5. The molecule has 1 amide bonds. The van der Waals surface area contributed by atoms with Gasteiger partial charge in [0.1, 0.15) is 16.8 Å². The molecule has 0 aliphatic heterocycles. The van der Waals surface area contributed by atoms with Crippen molar-refractivity contribution in [2.45, 2.75) is 6.54 Å². The van der Waals surface area contributed by atoms with Crippen LogP contribution >= 0.6 is 11.3 Å². The van der Waals surface area contributed by atoms with Gasteiger partial charge in [-0.2, -0.15) is 4.99 Å². The fourth-order valence-corrected chi connectivity index (χ4v) is 3.98. The Bertz CT molecular complexity index is 1390. The standard InChI is InChI=1S/C21H14N2O4S/c1-3-11-23-19-16(26-2)9-6-10-18(19)28-21(23)22-20(25)17-12-14(24)13-7-4-5-8-15(13)27-17/h1,4-10,12H,11H2,2H3. The molecule has 7 heteroatoms. The van der Waals surface area contributed by atoms with Gasteiger partial charge in [-0.05, 0) is 24.3 Å². The highest BCUT2D eigenvalue weighted by atomic mass is 32.1. The second-order valence-electron chi connectivity index (χ2n) is 5.87. The molecule has 2 aromatic carbocycles. The number of nitrogens with zero attached hydrogens (tertiary/aromatic N) is 2. The molecule has 0 radical (unpaired) electrons. The van der Waals surface area contributed by atoms with E-state index in [2.05, 4.69) is 10.9 Å².